The zero-order chi connectivity index (χ0) is 16.9. The number of halogens is 1. The fraction of sp³-hybridized carbons (Fsp3) is 0.333. The first-order valence-electron chi connectivity index (χ1n) is 8.06. The fourth-order valence-corrected chi connectivity index (χ4v) is 3.05. The van der Waals surface area contributed by atoms with Crippen LogP contribution in [0.3, 0.4) is 0 Å². The van der Waals surface area contributed by atoms with Crippen LogP contribution in [0.2, 0.25) is 0 Å². The average Bonchev–Trinajstić information content (AvgIpc) is 3.26. The van der Waals surface area contributed by atoms with Crippen molar-refractivity contribution in [3.05, 3.63) is 59.5 Å². The number of likely N-dealkylation sites (tertiary alicyclic amines) is 1. The minimum atomic E-state index is -0.559. The number of furan rings is 1. The predicted molar refractivity (Wildman–Crippen MR) is 108 cm³/mol. The van der Waals surface area contributed by atoms with Crippen molar-refractivity contribution >= 4 is 35.8 Å². The second-order valence-corrected chi connectivity index (χ2v) is 5.87. The van der Waals surface area contributed by atoms with Crippen LogP contribution in [-0.4, -0.2) is 36.9 Å². The highest BCUT2D eigenvalue weighted by Crippen LogP contribution is 2.26. The van der Waals surface area contributed by atoms with Crippen molar-refractivity contribution in [1.82, 2.24) is 10.2 Å². The molecular formula is C18H23IN4O2. The van der Waals surface area contributed by atoms with E-state index < -0.39 is 5.91 Å². The molecule has 1 unspecified atom stereocenters. The van der Waals surface area contributed by atoms with Crippen molar-refractivity contribution in [3.63, 3.8) is 0 Å². The Morgan fingerprint density at radius 2 is 2.08 bits per heavy atom. The number of nitrogens with zero attached hydrogens (tertiary/aromatic N) is 2. The lowest BCUT2D eigenvalue weighted by Gasteiger charge is -2.21. The van der Waals surface area contributed by atoms with Gasteiger partial charge in [-0.1, -0.05) is 30.3 Å². The first-order chi connectivity index (χ1) is 11.7. The third-order valence-corrected chi connectivity index (χ3v) is 4.30. The summed E-state index contributed by atoms with van der Waals surface area (Å²) in [6, 6.07) is 13.9. The number of aliphatic imine (C=N–C) groups is 1. The fourth-order valence-electron chi connectivity index (χ4n) is 3.05. The maximum absolute atomic E-state index is 11.1. The molecule has 0 bridgehead atoms. The molecule has 1 aromatic carbocycles. The summed E-state index contributed by atoms with van der Waals surface area (Å²) in [4.78, 5) is 17.7. The van der Waals surface area contributed by atoms with Gasteiger partial charge >= 0.3 is 0 Å². The zero-order valence-electron chi connectivity index (χ0n) is 14.1. The maximum atomic E-state index is 11.1. The highest BCUT2D eigenvalue weighted by atomic mass is 127. The highest BCUT2D eigenvalue weighted by molar-refractivity contribution is 14.0. The van der Waals surface area contributed by atoms with Gasteiger partial charge in [-0.2, -0.15) is 0 Å². The number of carbonyl (C=O) groups is 1. The molecule has 25 heavy (non-hydrogen) atoms. The van der Waals surface area contributed by atoms with Crippen LogP contribution in [0.5, 0.6) is 0 Å². The summed E-state index contributed by atoms with van der Waals surface area (Å²) in [6.45, 7) is 2.37. The van der Waals surface area contributed by atoms with Gasteiger partial charge < -0.3 is 20.4 Å². The van der Waals surface area contributed by atoms with Crippen molar-refractivity contribution < 1.29 is 9.21 Å². The van der Waals surface area contributed by atoms with Crippen molar-refractivity contribution in [2.24, 2.45) is 10.7 Å². The van der Waals surface area contributed by atoms with Crippen LogP contribution in [0.15, 0.2) is 51.9 Å². The van der Waals surface area contributed by atoms with Crippen LogP contribution in [-0.2, 0) is 6.54 Å². The van der Waals surface area contributed by atoms with Gasteiger partial charge in [0.25, 0.3) is 5.91 Å². The van der Waals surface area contributed by atoms with E-state index in [2.05, 4.69) is 39.5 Å². The average molecular weight is 454 g/mol. The number of carbonyl (C=O) groups excluding carboxylic acids is 1. The highest BCUT2D eigenvalue weighted by Gasteiger charge is 2.25. The lowest BCUT2D eigenvalue weighted by molar-refractivity contribution is 0.0972. The largest absolute Gasteiger partial charge is 0.454 e. The first-order valence-corrected chi connectivity index (χ1v) is 8.06. The minimum absolute atomic E-state index is 0. The van der Waals surface area contributed by atoms with E-state index in [9.17, 15) is 4.79 Å². The van der Waals surface area contributed by atoms with Gasteiger partial charge in [0, 0.05) is 26.1 Å². The Labute approximate surface area is 164 Å². The third-order valence-electron chi connectivity index (χ3n) is 4.30. The van der Waals surface area contributed by atoms with E-state index in [1.54, 1.807) is 19.2 Å². The van der Waals surface area contributed by atoms with Gasteiger partial charge in [-0.05, 0) is 24.1 Å². The Morgan fingerprint density at radius 3 is 2.72 bits per heavy atom. The molecule has 3 rings (SSSR count). The number of hydrogen-bond donors (Lipinski definition) is 2. The topological polar surface area (TPSA) is 83.9 Å². The smallest absolute Gasteiger partial charge is 0.284 e. The monoisotopic (exact) mass is 454 g/mol. The van der Waals surface area contributed by atoms with Crippen molar-refractivity contribution in [1.29, 1.82) is 0 Å². The van der Waals surface area contributed by atoms with E-state index in [0.29, 0.717) is 18.2 Å². The molecule has 1 fully saturated rings. The quantitative estimate of drug-likeness (QED) is 0.423. The molecule has 6 nitrogen and oxygen atoms in total. The molecule has 3 N–H and O–H groups in total. The molecule has 0 spiro atoms. The summed E-state index contributed by atoms with van der Waals surface area (Å²) < 4.78 is 5.38. The summed E-state index contributed by atoms with van der Waals surface area (Å²) in [5, 5.41) is 3.28. The van der Waals surface area contributed by atoms with Gasteiger partial charge in [-0.15, -0.1) is 24.0 Å². The first kappa shape index (κ1) is 19.3. The number of benzene rings is 1. The normalized spacial score (nSPS) is 17.2. The van der Waals surface area contributed by atoms with Crippen LogP contribution < -0.4 is 11.1 Å². The number of primary amides is 1. The van der Waals surface area contributed by atoms with E-state index in [1.807, 2.05) is 6.07 Å². The van der Waals surface area contributed by atoms with Crippen LogP contribution in [0.1, 0.15) is 34.2 Å². The predicted octanol–water partition coefficient (Wildman–Crippen LogP) is 2.56. The van der Waals surface area contributed by atoms with Crippen molar-refractivity contribution in [2.75, 3.05) is 20.1 Å². The summed E-state index contributed by atoms with van der Waals surface area (Å²) in [6.07, 6.45) is 1.11. The second-order valence-electron chi connectivity index (χ2n) is 5.87. The number of nitrogens with two attached hydrogens (primary N) is 1. The molecule has 0 saturated carbocycles. The molecule has 2 aromatic rings. The van der Waals surface area contributed by atoms with Crippen LogP contribution in [0, 0.1) is 0 Å². The van der Waals surface area contributed by atoms with Crippen LogP contribution in [0.25, 0.3) is 0 Å². The molecule has 0 radical (unpaired) electrons. The Bertz CT molecular complexity index is 730. The third kappa shape index (κ3) is 4.75. The van der Waals surface area contributed by atoms with E-state index in [4.69, 9.17) is 10.2 Å². The van der Waals surface area contributed by atoms with Crippen molar-refractivity contribution in [3.8, 4) is 0 Å². The molecule has 1 amide bonds. The molecule has 2 heterocycles. The molecule has 7 heteroatoms. The molecule has 1 aliphatic rings. The summed E-state index contributed by atoms with van der Waals surface area (Å²) in [7, 11) is 1.77. The van der Waals surface area contributed by atoms with Gasteiger partial charge in [-0.25, -0.2) is 0 Å². The van der Waals surface area contributed by atoms with E-state index >= 15 is 0 Å². The van der Waals surface area contributed by atoms with E-state index in [1.165, 1.54) is 5.56 Å². The van der Waals surface area contributed by atoms with E-state index in [0.717, 1.165) is 25.5 Å². The standard InChI is InChI=1S/C18H22N4O2.HI/c1-20-18(21-11-15-7-8-16(24-15)17(19)23)22-10-9-14(12-22)13-5-3-2-4-6-13;/h2-8,14H,9-12H2,1H3,(H2,19,23)(H,20,21);1H. The van der Waals surface area contributed by atoms with Crippen LogP contribution >= 0.6 is 24.0 Å². The van der Waals surface area contributed by atoms with Gasteiger partial charge in [-0.3, -0.25) is 9.79 Å². The zero-order valence-corrected chi connectivity index (χ0v) is 16.5. The van der Waals surface area contributed by atoms with Crippen molar-refractivity contribution in [2.45, 2.75) is 18.9 Å². The Kier molecular flexibility index (Phi) is 6.86. The minimum Gasteiger partial charge on any atom is -0.454 e. The van der Waals surface area contributed by atoms with Gasteiger partial charge in [0.2, 0.25) is 0 Å². The molecule has 1 aromatic heterocycles. The number of nitrogens with one attached hydrogen (secondary N) is 1. The maximum Gasteiger partial charge on any atom is 0.284 e. The second kappa shape index (κ2) is 8.89. The summed E-state index contributed by atoms with van der Waals surface area (Å²) in [5.74, 6) is 1.63. The number of guanidine groups is 1. The van der Waals surface area contributed by atoms with Gasteiger partial charge in [0.05, 0.1) is 6.54 Å². The molecule has 134 valence electrons. The van der Waals surface area contributed by atoms with Crippen LogP contribution in [0.4, 0.5) is 0 Å². The molecule has 1 aliphatic heterocycles. The van der Waals surface area contributed by atoms with E-state index in [-0.39, 0.29) is 29.7 Å². The SMILES string of the molecule is CN=C(NCc1ccc(C(N)=O)o1)N1CCC(c2ccccc2)C1.I. The summed E-state index contributed by atoms with van der Waals surface area (Å²) >= 11 is 0. The lowest BCUT2D eigenvalue weighted by Crippen LogP contribution is -2.39. The number of amides is 1. The molecular weight excluding hydrogens is 431 g/mol. The Morgan fingerprint density at radius 1 is 1.32 bits per heavy atom. The van der Waals surface area contributed by atoms with Gasteiger partial charge in [0.15, 0.2) is 11.7 Å². The molecule has 0 aliphatic carbocycles. The lowest BCUT2D eigenvalue weighted by atomic mass is 9.99. The summed E-state index contributed by atoms with van der Waals surface area (Å²) in [5.41, 5.74) is 6.56. The Hall–Kier alpha value is -2.03. The molecule has 1 saturated heterocycles. The van der Waals surface area contributed by atoms with Gasteiger partial charge in [0.1, 0.15) is 5.76 Å². The number of rotatable bonds is 4. The number of hydrogen-bond acceptors (Lipinski definition) is 3. The molecule has 1 atom stereocenters. The Balaban J connectivity index is 0.00000225.